The average molecular weight is 335 g/mol. The molecular formula is C14H17Cl2FN2O2. The number of ether oxygens (including phenoxy) is 1. The summed E-state index contributed by atoms with van der Waals surface area (Å²) in [6.45, 7) is 4.49. The van der Waals surface area contributed by atoms with Gasteiger partial charge in [-0.2, -0.15) is 0 Å². The van der Waals surface area contributed by atoms with Gasteiger partial charge in [-0.15, -0.1) is 0 Å². The lowest BCUT2D eigenvalue weighted by atomic mass is 10.2. The first-order valence-corrected chi connectivity index (χ1v) is 7.59. The molecule has 0 N–H and O–H groups in total. The Bertz CT molecular complexity index is 508. The van der Waals surface area contributed by atoms with Gasteiger partial charge in [-0.1, -0.05) is 23.2 Å². The summed E-state index contributed by atoms with van der Waals surface area (Å²) in [6, 6.07) is 3.28. The van der Waals surface area contributed by atoms with Crippen LogP contribution >= 0.6 is 23.2 Å². The molecule has 21 heavy (non-hydrogen) atoms. The highest BCUT2D eigenvalue weighted by atomic mass is 35.5. The van der Waals surface area contributed by atoms with E-state index < -0.39 is 11.3 Å². The summed E-state index contributed by atoms with van der Waals surface area (Å²) in [5.41, 5.74) is -0.166. The van der Waals surface area contributed by atoms with Crippen LogP contribution in [-0.4, -0.2) is 49.5 Å². The van der Waals surface area contributed by atoms with Crippen LogP contribution in [0.4, 0.5) is 10.1 Å². The molecule has 4 nitrogen and oxygen atoms in total. The molecule has 0 spiro atoms. The first-order valence-electron chi connectivity index (χ1n) is 6.77. The molecule has 0 aromatic heterocycles. The molecule has 1 aliphatic rings. The highest BCUT2D eigenvalue weighted by molar-refractivity contribution is 6.32. The third-order valence-electron chi connectivity index (χ3n) is 3.43. The molecule has 1 fully saturated rings. The summed E-state index contributed by atoms with van der Waals surface area (Å²) in [7, 11) is 0. The largest absolute Gasteiger partial charge is 0.489 e. The van der Waals surface area contributed by atoms with Crippen LogP contribution in [0.15, 0.2) is 12.1 Å². The van der Waals surface area contributed by atoms with Gasteiger partial charge in [-0.25, -0.2) is 4.39 Å². The zero-order valence-electron chi connectivity index (χ0n) is 11.7. The van der Waals surface area contributed by atoms with Crippen molar-refractivity contribution in [1.29, 1.82) is 0 Å². The number of alkyl halides is 1. The van der Waals surface area contributed by atoms with Gasteiger partial charge in [0, 0.05) is 26.2 Å². The fourth-order valence-corrected chi connectivity index (χ4v) is 2.73. The van der Waals surface area contributed by atoms with Crippen molar-refractivity contribution < 1.29 is 13.9 Å². The lowest BCUT2D eigenvalue weighted by Gasteiger charge is -2.37. The Kier molecular flexibility index (Phi) is 5.67. The number of hydrogen-bond acceptors (Lipinski definition) is 4. The summed E-state index contributed by atoms with van der Waals surface area (Å²) >= 11 is 11.8. The van der Waals surface area contributed by atoms with E-state index in [0.29, 0.717) is 44.8 Å². The van der Waals surface area contributed by atoms with E-state index in [9.17, 15) is 9.18 Å². The van der Waals surface area contributed by atoms with Crippen molar-refractivity contribution in [2.24, 2.45) is 0 Å². The van der Waals surface area contributed by atoms with Crippen LogP contribution in [-0.2, 0) is 4.79 Å². The van der Waals surface area contributed by atoms with Gasteiger partial charge in [0.15, 0.2) is 17.9 Å². The van der Waals surface area contributed by atoms with Crippen molar-refractivity contribution in [3.63, 3.8) is 0 Å². The van der Waals surface area contributed by atoms with Crippen molar-refractivity contribution >= 4 is 35.2 Å². The molecule has 2 rings (SSSR count). The maximum atomic E-state index is 14.5. The predicted octanol–water partition coefficient (Wildman–Crippen LogP) is 2.76. The van der Waals surface area contributed by atoms with Crippen LogP contribution in [0.3, 0.4) is 0 Å². The number of piperazine rings is 1. The number of carbonyl (C=O) groups is 1. The van der Waals surface area contributed by atoms with E-state index in [2.05, 4.69) is 0 Å². The molecule has 1 unspecified atom stereocenters. The van der Waals surface area contributed by atoms with Gasteiger partial charge in [0.1, 0.15) is 5.50 Å². The van der Waals surface area contributed by atoms with E-state index in [1.165, 1.54) is 0 Å². The fraction of sp³-hybridized carbons (Fsp3) is 0.500. The van der Waals surface area contributed by atoms with Crippen molar-refractivity contribution in [3.05, 3.63) is 23.0 Å². The number of carbonyl (C=O) groups excluding carboxylic acids is 1. The van der Waals surface area contributed by atoms with Gasteiger partial charge in [0.2, 0.25) is 0 Å². The van der Waals surface area contributed by atoms with E-state index in [1.807, 2.05) is 9.80 Å². The van der Waals surface area contributed by atoms with E-state index in [-0.39, 0.29) is 10.8 Å². The minimum Gasteiger partial charge on any atom is -0.489 e. The fourth-order valence-electron chi connectivity index (χ4n) is 2.34. The first-order chi connectivity index (χ1) is 10.1. The Morgan fingerprint density at radius 1 is 1.38 bits per heavy atom. The zero-order valence-corrected chi connectivity index (χ0v) is 13.2. The van der Waals surface area contributed by atoms with Gasteiger partial charge in [-0.05, 0) is 19.1 Å². The number of anilines is 1. The van der Waals surface area contributed by atoms with Crippen LogP contribution in [0, 0.1) is 5.82 Å². The molecule has 1 aliphatic heterocycles. The summed E-state index contributed by atoms with van der Waals surface area (Å²) < 4.78 is 19.7. The minimum absolute atomic E-state index is 0.0854. The Labute approximate surface area is 133 Å². The Morgan fingerprint density at radius 2 is 2.05 bits per heavy atom. The maximum absolute atomic E-state index is 14.5. The smallest absolute Gasteiger partial charge is 0.189 e. The molecule has 1 saturated heterocycles. The summed E-state index contributed by atoms with van der Waals surface area (Å²) in [5.74, 6) is -0.363. The van der Waals surface area contributed by atoms with E-state index in [0.717, 1.165) is 0 Å². The molecule has 1 aromatic carbocycles. The summed E-state index contributed by atoms with van der Waals surface area (Å²) in [6.07, 6.45) is 0.702. The number of hydrogen-bond donors (Lipinski definition) is 0. The number of aldehydes is 1. The van der Waals surface area contributed by atoms with Gasteiger partial charge in [0.25, 0.3) is 0 Å². The van der Waals surface area contributed by atoms with Crippen LogP contribution in [0.1, 0.15) is 6.92 Å². The number of halogens is 3. The molecule has 116 valence electrons. The lowest BCUT2D eigenvalue weighted by Crippen LogP contribution is -2.49. The van der Waals surface area contributed by atoms with Crippen LogP contribution in [0.25, 0.3) is 0 Å². The lowest BCUT2D eigenvalue weighted by molar-refractivity contribution is -0.110. The van der Waals surface area contributed by atoms with Gasteiger partial charge in [-0.3, -0.25) is 4.90 Å². The monoisotopic (exact) mass is 334 g/mol. The number of nitrogens with zero attached hydrogens (tertiary/aromatic N) is 2. The van der Waals surface area contributed by atoms with Gasteiger partial charge < -0.3 is 14.4 Å². The second kappa shape index (κ2) is 7.29. The molecule has 1 aromatic rings. The van der Waals surface area contributed by atoms with Crippen molar-refractivity contribution in [2.45, 2.75) is 12.4 Å². The number of benzene rings is 1. The van der Waals surface area contributed by atoms with Gasteiger partial charge >= 0.3 is 0 Å². The Morgan fingerprint density at radius 3 is 2.62 bits per heavy atom. The molecule has 0 aliphatic carbocycles. The highest BCUT2D eigenvalue weighted by Gasteiger charge is 2.25. The standard InChI is InChI=1S/C14H17Cl2FN2O2/c1-2-21-14-10(15)3-4-11(13(14)17)18-5-7-19(8-6-18)12(16)9-20/h3-4,9,12H,2,5-8H2,1H3. The first kappa shape index (κ1) is 16.3. The maximum Gasteiger partial charge on any atom is 0.189 e. The van der Waals surface area contributed by atoms with E-state index >= 15 is 0 Å². The third kappa shape index (κ3) is 3.59. The van der Waals surface area contributed by atoms with Crippen LogP contribution in [0.2, 0.25) is 5.02 Å². The predicted molar refractivity (Wildman–Crippen MR) is 82.1 cm³/mol. The topological polar surface area (TPSA) is 32.8 Å². The Hall–Kier alpha value is -1.04. The second-order valence-electron chi connectivity index (χ2n) is 4.67. The van der Waals surface area contributed by atoms with Crippen molar-refractivity contribution in [2.75, 3.05) is 37.7 Å². The highest BCUT2D eigenvalue weighted by Crippen LogP contribution is 2.34. The molecule has 0 bridgehead atoms. The van der Waals surface area contributed by atoms with E-state index in [4.69, 9.17) is 27.9 Å². The second-order valence-corrected chi connectivity index (χ2v) is 5.53. The molecule has 0 radical (unpaired) electrons. The summed E-state index contributed by atoms with van der Waals surface area (Å²) in [5, 5.41) is 0.263. The molecule has 1 atom stereocenters. The van der Waals surface area contributed by atoms with Crippen LogP contribution < -0.4 is 9.64 Å². The summed E-state index contributed by atoms with van der Waals surface area (Å²) in [4.78, 5) is 14.4. The SMILES string of the molecule is CCOc1c(Cl)ccc(N2CCN(C(Cl)C=O)CC2)c1F. The van der Waals surface area contributed by atoms with E-state index in [1.54, 1.807) is 19.1 Å². The molecule has 7 heteroatoms. The molecule has 1 heterocycles. The third-order valence-corrected chi connectivity index (χ3v) is 4.11. The van der Waals surface area contributed by atoms with Crippen LogP contribution in [0.5, 0.6) is 5.75 Å². The van der Waals surface area contributed by atoms with Crippen molar-refractivity contribution in [3.8, 4) is 5.75 Å². The molecule has 0 amide bonds. The Balaban J connectivity index is 2.13. The molecular weight excluding hydrogens is 318 g/mol. The molecule has 0 saturated carbocycles. The normalized spacial score (nSPS) is 17.6. The average Bonchev–Trinajstić information content (AvgIpc) is 2.51. The number of rotatable bonds is 5. The quantitative estimate of drug-likeness (QED) is 0.471. The minimum atomic E-state index is -0.624. The van der Waals surface area contributed by atoms with Crippen molar-refractivity contribution in [1.82, 2.24) is 4.90 Å². The van der Waals surface area contributed by atoms with Gasteiger partial charge in [0.05, 0.1) is 17.3 Å². The zero-order chi connectivity index (χ0) is 15.4.